The first-order chi connectivity index (χ1) is 20.1. The summed E-state index contributed by atoms with van der Waals surface area (Å²) in [6, 6.07) is 15.3. The van der Waals surface area contributed by atoms with Crippen LogP contribution < -0.4 is 5.32 Å². The van der Waals surface area contributed by atoms with Gasteiger partial charge in [-0.1, -0.05) is 43.9 Å². The van der Waals surface area contributed by atoms with Crippen LogP contribution in [0.15, 0.2) is 48.5 Å². The second kappa shape index (κ2) is 13.0. The summed E-state index contributed by atoms with van der Waals surface area (Å²) in [5.41, 5.74) is 4.13. The molecule has 3 heterocycles. The molecule has 6 rings (SSSR count). The molecule has 2 aromatic carbocycles. The number of piperidine rings is 2. The number of hydrogen-bond acceptors (Lipinski definition) is 4. The molecule has 0 unspecified atom stereocenters. The molecule has 6 heteroatoms. The summed E-state index contributed by atoms with van der Waals surface area (Å²) in [6.45, 7) is 7.32. The third-order valence-corrected chi connectivity index (χ3v) is 9.90. The van der Waals surface area contributed by atoms with E-state index in [4.69, 9.17) is 4.98 Å². The van der Waals surface area contributed by atoms with Crippen LogP contribution in [0.4, 0.5) is 4.39 Å². The Balaban J connectivity index is 1.34. The number of carbonyl (C=O) groups is 1. The molecular formula is C35H45FN4O. The van der Waals surface area contributed by atoms with Crippen LogP contribution in [0.25, 0.3) is 22.2 Å². The Hall–Kier alpha value is -2.83. The third kappa shape index (κ3) is 6.49. The van der Waals surface area contributed by atoms with Crippen molar-refractivity contribution in [2.75, 3.05) is 26.2 Å². The Labute approximate surface area is 244 Å². The number of aromatic nitrogens is 1. The topological polar surface area (TPSA) is 48.5 Å². The molecule has 3 aromatic rings. The summed E-state index contributed by atoms with van der Waals surface area (Å²) >= 11 is 0. The van der Waals surface area contributed by atoms with Gasteiger partial charge >= 0.3 is 0 Å². The zero-order valence-electron chi connectivity index (χ0n) is 24.6. The van der Waals surface area contributed by atoms with E-state index in [1.807, 2.05) is 24.3 Å². The number of amides is 1. The minimum absolute atomic E-state index is 0.0109. The van der Waals surface area contributed by atoms with Gasteiger partial charge in [-0.25, -0.2) is 9.37 Å². The van der Waals surface area contributed by atoms with Gasteiger partial charge in [-0.15, -0.1) is 0 Å². The largest absolute Gasteiger partial charge is 0.349 e. The second-order valence-corrected chi connectivity index (χ2v) is 12.6. The Morgan fingerprint density at radius 2 is 1.59 bits per heavy atom. The van der Waals surface area contributed by atoms with Crippen molar-refractivity contribution >= 4 is 16.8 Å². The molecule has 1 atom stereocenters. The van der Waals surface area contributed by atoms with Crippen molar-refractivity contribution in [1.29, 1.82) is 0 Å². The summed E-state index contributed by atoms with van der Waals surface area (Å²) in [5, 5.41) is 4.32. The van der Waals surface area contributed by atoms with Crippen LogP contribution in [0.5, 0.6) is 0 Å². The molecular weight excluding hydrogens is 511 g/mol. The number of hydrogen-bond donors (Lipinski definition) is 1. The van der Waals surface area contributed by atoms with Crippen LogP contribution in [0.2, 0.25) is 0 Å². The van der Waals surface area contributed by atoms with E-state index in [1.54, 1.807) is 12.1 Å². The molecule has 218 valence electrons. The Bertz CT molecular complexity index is 1320. The molecule has 0 radical (unpaired) electrons. The summed E-state index contributed by atoms with van der Waals surface area (Å²) in [7, 11) is 0. The van der Waals surface area contributed by atoms with Crippen molar-refractivity contribution in [2.24, 2.45) is 5.92 Å². The lowest BCUT2D eigenvalue weighted by atomic mass is 9.84. The molecule has 5 nitrogen and oxygen atoms in total. The lowest BCUT2D eigenvalue weighted by Crippen LogP contribution is -2.46. The molecule has 2 saturated heterocycles. The maximum absolute atomic E-state index is 14.2. The minimum Gasteiger partial charge on any atom is -0.349 e. The smallest absolute Gasteiger partial charge is 0.252 e. The van der Waals surface area contributed by atoms with Crippen LogP contribution in [0.3, 0.4) is 0 Å². The third-order valence-electron chi connectivity index (χ3n) is 9.90. The van der Waals surface area contributed by atoms with Gasteiger partial charge in [0, 0.05) is 35.1 Å². The first-order valence-electron chi connectivity index (χ1n) is 16.0. The zero-order valence-corrected chi connectivity index (χ0v) is 24.6. The van der Waals surface area contributed by atoms with Crippen molar-refractivity contribution < 1.29 is 9.18 Å². The molecule has 1 amide bonds. The number of rotatable bonds is 7. The summed E-state index contributed by atoms with van der Waals surface area (Å²) in [6.07, 6.45) is 12.5. The molecule has 1 aliphatic carbocycles. The molecule has 41 heavy (non-hydrogen) atoms. The van der Waals surface area contributed by atoms with E-state index in [9.17, 15) is 9.18 Å². The van der Waals surface area contributed by atoms with Gasteiger partial charge in [-0.05, 0) is 108 Å². The van der Waals surface area contributed by atoms with Crippen molar-refractivity contribution in [1.82, 2.24) is 20.1 Å². The Morgan fingerprint density at radius 1 is 0.902 bits per heavy atom. The molecule has 1 N–H and O–H groups in total. The lowest BCUT2D eigenvalue weighted by molar-refractivity contribution is 0.0878. The first kappa shape index (κ1) is 28.3. The highest BCUT2D eigenvalue weighted by Crippen LogP contribution is 2.34. The summed E-state index contributed by atoms with van der Waals surface area (Å²) < 4.78 is 13.9. The predicted octanol–water partition coefficient (Wildman–Crippen LogP) is 7.19. The number of fused-ring (bicyclic) bond motifs is 1. The fourth-order valence-corrected chi connectivity index (χ4v) is 7.49. The number of likely N-dealkylation sites (tertiary alicyclic amines) is 2. The second-order valence-electron chi connectivity index (χ2n) is 12.6. The van der Waals surface area contributed by atoms with Crippen molar-refractivity contribution in [3.63, 3.8) is 0 Å². The number of carbonyl (C=O) groups excluding carboxylic acids is 1. The van der Waals surface area contributed by atoms with Gasteiger partial charge in [0.25, 0.3) is 5.91 Å². The fourth-order valence-electron chi connectivity index (χ4n) is 7.49. The minimum atomic E-state index is -0.268. The molecule has 1 aromatic heterocycles. The van der Waals surface area contributed by atoms with E-state index in [-0.39, 0.29) is 17.8 Å². The number of pyridine rings is 1. The van der Waals surface area contributed by atoms with Crippen LogP contribution in [-0.4, -0.2) is 59.0 Å². The average molecular weight is 557 g/mol. The van der Waals surface area contributed by atoms with Crippen LogP contribution >= 0.6 is 0 Å². The molecule has 3 fully saturated rings. The highest BCUT2D eigenvalue weighted by Gasteiger charge is 2.30. The monoisotopic (exact) mass is 556 g/mol. The van der Waals surface area contributed by atoms with E-state index >= 15 is 0 Å². The van der Waals surface area contributed by atoms with E-state index in [1.165, 1.54) is 76.6 Å². The van der Waals surface area contributed by atoms with E-state index < -0.39 is 0 Å². The van der Waals surface area contributed by atoms with E-state index in [0.29, 0.717) is 18.5 Å². The Morgan fingerprint density at radius 3 is 2.32 bits per heavy atom. The molecule has 0 bridgehead atoms. The predicted molar refractivity (Wildman–Crippen MR) is 164 cm³/mol. The summed E-state index contributed by atoms with van der Waals surface area (Å²) in [4.78, 5) is 24.6. The van der Waals surface area contributed by atoms with E-state index in [0.717, 1.165) is 59.2 Å². The standard InChI is InChI=1S/C35H45FN4O/c1-25(26-10-4-2-5-11-26)37-35(41)33-30-12-6-7-13-32(30)38-34(27-14-16-28(36)17-15-27)31(33)24-39-22-18-29(19-23-39)40-20-8-3-9-21-40/h6-7,12-17,25-26,29H,2-5,8-11,18-24H2,1H3,(H,37,41)/t25-/m1/s1. The number of nitrogens with one attached hydrogen (secondary N) is 1. The van der Waals surface area contributed by atoms with Gasteiger partial charge in [0.15, 0.2) is 0 Å². The molecule has 2 aliphatic heterocycles. The molecule has 0 spiro atoms. The van der Waals surface area contributed by atoms with Crippen LogP contribution in [-0.2, 0) is 6.54 Å². The van der Waals surface area contributed by atoms with Gasteiger partial charge in [0.05, 0.1) is 16.8 Å². The quantitative estimate of drug-likeness (QED) is 0.335. The average Bonchev–Trinajstić information content (AvgIpc) is 3.02. The lowest BCUT2D eigenvalue weighted by Gasteiger charge is -2.40. The Kier molecular flexibility index (Phi) is 8.97. The number of nitrogens with zero attached hydrogens (tertiary/aromatic N) is 3. The van der Waals surface area contributed by atoms with Crippen LogP contribution in [0, 0.1) is 11.7 Å². The van der Waals surface area contributed by atoms with Gasteiger partial charge in [0.1, 0.15) is 5.82 Å². The zero-order chi connectivity index (χ0) is 28.2. The number of halogens is 1. The van der Waals surface area contributed by atoms with Crippen molar-refractivity contribution in [2.45, 2.75) is 89.8 Å². The number of benzene rings is 2. The summed E-state index contributed by atoms with van der Waals surface area (Å²) in [5.74, 6) is 0.244. The van der Waals surface area contributed by atoms with Gasteiger partial charge < -0.3 is 10.2 Å². The molecule has 3 aliphatic rings. The highest BCUT2D eigenvalue weighted by molar-refractivity contribution is 6.09. The van der Waals surface area contributed by atoms with E-state index in [2.05, 4.69) is 22.0 Å². The normalized spacial score (nSPS) is 20.7. The fraction of sp³-hybridized carbons (Fsp3) is 0.543. The number of para-hydroxylation sites is 1. The van der Waals surface area contributed by atoms with Crippen LogP contribution in [0.1, 0.15) is 87.1 Å². The SMILES string of the molecule is C[C@@H](NC(=O)c1c(CN2CCC(N3CCCCC3)CC2)c(-c2ccc(F)cc2)nc2ccccc12)C1CCCCC1. The molecule has 1 saturated carbocycles. The van der Waals surface area contributed by atoms with Gasteiger partial charge in [-0.2, -0.15) is 0 Å². The maximum Gasteiger partial charge on any atom is 0.252 e. The highest BCUT2D eigenvalue weighted by atomic mass is 19.1. The maximum atomic E-state index is 14.2. The van der Waals surface area contributed by atoms with Gasteiger partial charge in [-0.3, -0.25) is 9.69 Å². The van der Waals surface area contributed by atoms with Gasteiger partial charge in [0.2, 0.25) is 0 Å². The first-order valence-corrected chi connectivity index (χ1v) is 16.0. The van der Waals surface area contributed by atoms with Crippen molar-refractivity contribution in [3.8, 4) is 11.3 Å². The van der Waals surface area contributed by atoms with Crippen molar-refractivity contribution in [3.05, 3.63) is 65.5 Å².